The number of aromatic nitrogens is 1. The summed E-state index contributed by atoms with van der Waals surface area (Å²) in [5, 5.41) is 32.8. The number of anilines is 5. The lowest BCUT2D eigenvalue weighted by atomic mass is 9.86. The average Bonchev–Trinajstić information content (AvgIpc) is 3.28. The van der Waals surface area contributed by atoms with Crippen LogP contribution >= 0.6 is 0 Å². The van der Waals surface area contributed by atoms with Gasteiger partial charge in [-0.2, -0.15) is 0 Å². The van der Waals surface area contributed by atoms with Crippen molar-refractivity contribution in [1.29, 1.82) is 0 Å². The van der Waals surface area contributed by atoms with Crippen LogP contribution in [0.3, 0.4) is 0 Å². The highest BCUT2D eigenvalue weighted by Crippen LogP contribution is 2.40. The number of urea groups is 1. The minimum absolute atomic E-state index is 0.155. The zero-order chi connectivity index (χ0) is 48.1. The summed E-state index contributed by atoms with van der Waals surface area (Å²) in [5.74, 6) is 1.60. The first kappa shape index (κ1) is 50.2. The molecule has 7 N–H and O–H groups in total. The molecule has 4 aromatic carbocycles. The Balaban J connectivity index is 1.02. The fourth-order valence-corrected chi connectivity index (χ4v) is 7.50. The van der Waals surface area contributed by atoms with E-state index in [1.807, 2.05) is 45.0 Å². The largest absolute Gasteiger partial charge is 0.496 e. The summed E-state index contributed by atoms with van der Waals surface area (Å²) in [5.41, 5.74) is 2.29. The van der Waals surface area contributed by atoms with Crippen LogP contribution in [0.2, 0.25) is 0 Å². The van der Waals surface area contributed by atoms with E-state index in [1.54, 1.807) is 60.8 Å². The third-order valence-electron chi connectivity index (χ3n) is 10.3. The van der Waals surface area contributed by atoms with Gasteiger partial charge in [0.2, 0.25) is 10.0 Å². The molecule has 2 heterocycles. The van der Waals surface area contributed by atoms with Gasteiger partial charge in [0.25, 0.3) is 5.91 Å². The van der Waals surface area contributed by atoms with E-state index in [1.165, 1.54) is 14.2 Å². The average molecular weight is 947 g/mol. The first-order valence-electron chi connectivity index (χ1n) is 21.4. The number of aliphatic hydroxyl groups excluding tert-OH is 2. The zero-order valence-corrected chi connectivity index (χ0v) is 39.0. The van der Waals surface area contributed by atoms with Crippen molar-refractivity contribution in [1.82, 2.24) is 10.3 Å². The summed E-state index contributed by atoms with van der Waals surface area (Å²) in [6.45, 7) is 7.77. The smallest absolute Gasteiger partial charge is 0.323 e. The van der Waals surface area contributed by atoms with Crippen molar-refractivity contribution in [3.05, 3.63) is 96.2 Å². The van der Waals surface area contributed by atoms with E-state index < -0.39 is 34.6 Å². The molecule has 3 atom stereocenters. The molecular weight excluding hydrogens is 889 g/mol. The van der Waals surface area contributed by atoms with Crippen molar-refractivity contribution in [2.45, 2.75) is 51.1 Å². The molecule has 5 aromatic rings. The molecule has 1 aliphatic heterocycles. The summed E-state index contributed by atoms with van der Waals surface area (Å²) < 4.78 is 66.1. The van der Waals surface area contributed by atoms with Gasteiger partial charge < -0.3 is 64.6 Å². The second kappa shape index (κ2) is 23.0. The first-order valence-corrected chi connectivity index (χ1v) is 23.3. The van der Waals surface area contributed by atoms with E-state index in [9.17, 15) is 28.2 Å². The molecule has 1 aromatic heterocycles. The molecule has 3 amide bonds. The van der Waals surface area contributed by atoms with E-state index in [4.69, 9.17) is 33.2 Å². The topological polar surface area (TPSA) is 246 Å². The number of amides is 3. The van der Waals surface area contributed by atoms with Crippen LogP contribution in [0.1, 0.15) is 43.1 Å². The number of rotatable bonds is 21. The third kappa shape index (κ3) is 14.1. The predicted molar refractivity (Wildman–Crippen MR) is 254 cm³/mol. The molecule has 0 bridgehead atoms. The number of nitrogens with zero attached hydrogens (tertiary/aromatic N) is 1. The fourth-order valence-electron chi connectivity index (χ4n) is 6.95. The van der Waals surface area contributed by atoms with Crippen LogP contribution in [0.5, 0.6) is 23.0 Å². The van der Waals surface area contributed by atoms with Crippen LogP contribution < -0.4 is 40.2 Å². The maximum Gasteiger partial charge on any atom is 0.323 e. The van der Waals surface area contributed by atoms with Gasteiger partial charge in [-0.3, -0.25) is 9.52 Å². The Labute approximate surface area is 389 Å². The normalized spacial score (nSPS) is 16.2. The summed E-state index contributed by atoms with van der Waals surface area (Å²) in [6.07, 6.45) is 0.147. The van der Waals surface area contributed by atoms with Gasteiger partial charge in [0, 0.05) is 41.3 Å². The lowest BCUT2D eigenvalue weighted by Crippen LogP contribution is -2.46. The fraction of sp³-hybridized carbons (Fsp3) is 0.383. The molecule has 0 radical (unpaired) electrons. The molecule has 0 aliphatic carbocycles. The molecule has 1 saturated heterocycles. The molecule has 20 heteroatoms. The minimum atomic E-state index is -3.66. The van der Waals surface area contributed by atoms with Gasteiger partial charge in [0.05, 0.1) is 88.8 Å². The highest BCUT2D eigenvalue weighted by atomic mass is 32.2. The van der Waals surface area contributed by atoms with Gasteiger partial charge in [-0.05, 0) is 59.9 Å². The van der Waals surface area contributed by atoms with Crippen LogP contribution in [0.25, 0.3) is 10.8 Å². The van der Waals surface area contributed by atoms with Crippen LogP contribution in [-0.2, 0) is 34.4 Å². The molecule has 1 aliphatic rings. The molecule has 19 nitrogen and oxygen atoms in total. The van der Waals surface area contributed by atoms with Crippen LogP contribution in [0.15, 0.2) is 85.1 Å². The first-order chi connectivity index (χ1) is 32.0. The highest BCUT2D eigenvalue weighted by Gasteiger charge is 2.32. The number of sulfonamides is 1. The number of ether oxygens (including phenoxy) is 7. The molecule has 0 spiro atoms. The molecule has 6 rings (SSSR count). The molecule has 1 fully saturated rings. The number of nitrogens with one attached hydrogen (secondary N) is 5. The van der Waals surface area contributed by atoms with Gasteiger partial charge in [0.1, 0.15) is 29.2 Å². The zero-order valence-electron chi connectivity index (χ0n) is 38.2. The van der Waals surface area contributed by atoms with Crippen molar-refractivity contribution in [2.24, 2.45) is 0 Å². The highest BCUT2D eigenvalue weighted by molar-refractivity contribution is 7.92. The number of fused-ring (bicyclic) bond motifs is 1. The number of benzene rings is 4. The predicted octanol–water partition coefficient (Wildman–Crippen LogP) is 6.35. The molecule has 360 valence electrons. The molecule has 0 saturated carbocycles. The second-order valence-electron chi connectivity index (χ2n) is 16.4. The second-order valence-corrected chi connectivity index (χ2v) is 18.2. The molecule has 1 unspecified atom stereocenters. The SMILES string of the molecule is COc1cc(Nc2cc(Oc3ccc(NC(=O)Nc4cc(C(C)(C)C)cc(NS(C)(=O)=O)c4OC)c4ccccc34)ccn2)ccc1C(=O)NCCOCCOCCOC1OCC[C@H](O)[C@H]1O. The lowest BCUT2D eigenvalue weighted by Gasteiger charge is -2.31. The Bertz CT molecular complexity index is 2610. The number of carbonyl (C=O) groups is 2. The van der Waals surface area contributed by atoms with Crippen molar-refractivity contribution in [3.8, 4) is 23.0 Å². The molecular formula is C47H58N6O13S. The van der Waals surface area contributed by atoms with Crippen molar-refractivity contribution < 1.29 is 61.4 Å². The van der Waals surface area contributed by atoms with Gasteiger partial charge in [-0.25, -0.2) is 18.2 Å². The summed E-state index contributed by atoms with van der Waals surface area (Å²) in [6, 6.07) is 22.2. The Morgan fingerprint density at radius 2 is 1.54 bits per heavy atom. The Kier molecular flexibility index (Phi) is 17.2. The van der Waals surface area contributed by atoms with Crippen LogP contribution in [0.4, 0.5) is 33.4 Å². The Morgan fingerprint density at radius 1 is 0.821 bits per heavy atom. The van der Waals surface area contributed by atoms with Crippen molar-refractivity contribution in [3.63, 3.8) is 0 Å². The van der Waals surface area contributed by atoms with Gasteiger partial charge in [-0.15, -0.1) is 0 Å². The Hall–Kier alpha value is -6.26. The summed E-state index contributed by atoms with van der Waals surface area (Å²) >= 11 is 0. The van der Waals surface area contributed by atoms with Crippen LogP contribution in [0, 0.1) is 0 Å². The monoisotopic (exact) mass is 946 g/mol. The quantitative estimate of drug-likeness (QED) is 0.0396. The summed E-state index contributed by atoms with van der Waals surface area (Å²) in [4.78, 5) is 31.0. The lowest BCUT2D eigenvalue weighted by molar-refractivity contribution is -0.245. The maximum absolute atomic E-state index is 13.5. The van der Waals surface area contributed by atoms with Gasteiger partial charge >= 0.3 is 6.03 Å². The Morgan fingerprint density at radius 3 is 2.27 bits per heavy atom. The van der Waals surface area contributed by atoms with E-state index in [-0.39, 0.29) is 54.8 Å². The van der Waals surface area contributed by atoms with E-state index in [2.05, 4.69) is 31.0 Å². The molecule has 67 heavy (non-hydrogen) atoms. The van der Waals surface area contributed by atoms with E-state index >= 15 is 0 Å². The number of hydrogen-bond acceptors (Lipinski definition) is 15. The minimum Gasteiger partial charge on any atom is -0.496 e. The maximum atomic E-state index is 13.5. The third-order valence-corrected chi connectivity index (χ3v) is 10.9. The number of methoxy groups -OCH3 is 2. The number of carbonyl (C=O) groups excluding carboxylic acids is 2. The standard InChI is InChI=1S/C47H58N6O13S/c1-47(2,3)29-25-36(43(61-5)37(26-29)53-67(6,58)59)52-46(57)51-35-13-14-39(33-10-8-7-9-32(33)35)66-31-15-17-48-41(28-31)50-30-11-12-34(40(27-30)60-4)44(56)49-18-20-62-21-22-63-23-24-65-45-42(55)38(54)16-19-64-45/h7-15,17,25-28,38,42,45,53-55H,16,18-24H2,1-6H3,(H,48,50)(H,49,56)(H2,51,52,57)/t38-,42+,45?/m0/s1. The van der Waals surface area contributed by atoms with E-state index in [0.717, 1.165) is 11.8 Å². The van der Waals surface area contributed by atoms with Gasteiger partial charge in [0.15, 0.2) is 12.0 Å². The van der Waals surface area contributed by atoms with Gasteiger partial charge in [-0.1, -0.05) is 45.0 Å². The summed E-state index contributed by atoms with van der Waals surface area (Å²) in [7, 11) is -0.790. The van der Waals surface area contributed by atoms with Crippen molar-refractivity contribution >= 4 is 61.3 Å². The number of pyridine rings is 1. The van der Waals surface area contributed by atoms with Crippen molar-refractivity contribution in [2.75, 3.05) is 87.3 Å². The number of hydrogen-bond donors (Lipinski definition) is 7. The van der Waals surface area contributed by atoms with E-state index in [0.29, 0.717) is 77.0 Å². The number of aliphatic hydroxyl groups is 2. The van der Waals surface area contributed by atoms with Crippen LogP contribution in [-0.4, -0.2) is 121 Å².